The molecule has 0 atom stereocenters. The topological polar surface area (TPSA) is 107 Å². The van der Waals surface area contributed by atoms with E-state index in [0.717, 1.165) is 10.3 Å². The van der Waals surface area contributed by atoms with Gasteiger partial charge in [-0.3, -0.25) is 14.8 Å². The number of hydrogen-bond donors (Lipinski definition) is 2. The van der Waals surface area contributed by atoms with Crippen LogP contribution in [0.3, 0.4) is 0 Å². The largest absolute Gasteiger partial charge is 0.486 e. The fourth-order valence-electron chi connectivity index (χ4n) is 3.31. The van der Waals surface area contributed by atoms with Crippen LogP contribution in [0, 0.1) is 6.92 Å². The number of aromatic nitrogens is 1. The highest BCUT2D eigenvalue weighted by molar-refractivity contribution is 7.92. The Labute approximate surface area is 194 Å². The predicted molar refractivity (Wildman–Crippen MR) is 127 cm³/mol. The third-order valence-electron chi connectivity index (χ3n) is 5.00. The number of rotatable bonds is 5. The molecule has 1 aliphatic heterocycles. The summed E-state index contributed by atoms with van der Waals surface area (Å²) in [4.78, 5) is 17.3. The van der Waals surface area contributed by atoms with Gasteiger partial charge in [-0.1, -0.05) is 29.0 Å². The van der Waals surface area contributed by atoms with E-state index in [1.807, 2.05) is 13.0 Å². The molecule has 8 nitrogen and oxygen atoms in total. The van der Waals surface area contributed by atoms with E-state index >= 15 is 0 Å². The number of nitrogens with one attached hydrogen (secondary N) is 2. The normalized spacial score (nSPS) is 13.0. The zero-order valence-corrected chi connectivity index (χ0v) is 19.1. The van der Waals surface area contributed by atoms with Crippen LogP contribution in [0.4, 0.5) is 10.8 Å². The van der Waals surface area contributed by atoms with Gasteiger partial charge in [-0.25, -0.2) is 13.4 Å². The molecule has 33 heavy (non-hydrogen) atoms. The summed E-state index contributed by atoms with van der Waals surface area (Å²) in [7, 11) is -3.71. The van der Waals surface area contributed by atoms with Gasteiger partial charge in [0.15, 0.2) is 16.6 Å². The molecule has 10 heteroatoms. The molecule has 0 saturated heterocycles. The third kappa shape index (κ3) is 4.48. The van der Waals surface area contributed by atoms with Gasteiger partial charge in [-0.15, -0.1) is 0 Å². The van der Waals surface area contributed by atoms with Gasteiger partial charge in [0, 0.05) is 23.4 Å². The lowest BCUT2D eigenvalue weighted by Crippen LogP contribution is -2.15. The second kappa shape index (κ2) is 8.38. The molecule has 0 bridgehead atoms. The van der Waals surface area contributed by atoms with Crippen LogP contribution in [0.1, 0.15) is 15.9 Å². The molecule has 0 spiro atoms. The molecule has 1 aliphatic rings. The highest BCUT2D eigenvalue weighted by Crippen LogP contribution is 2.37. The van der Waals surface area contributed by atoms with Crippen molar-refractivity contribution in [2.75, 3.05) is 23.3 Å². The number of carbonyl (C=O) groups excluding carboxylic acids is 1. The van der Waals surface area contributed by atoms with E-state index in [9.17, 15) is 13.2 Å². The third-order valence-corrected chi connectivity index (χ3v) is 7.33. The first-order valence-corrected chi connectivity index (χ1v) is 12.4. The van der Waals surface area contributed by atoms with E-state index < -0.39 is 10.0 Å². The van der Waals surface area contributed by atoms with Crippen LogP contribution in [0.5, 0.6) is 11.5 Å². The summed E-state index contributed by atoms with van der Waals surface area (Å²) >= 11 is 1.33. The van der Waals surface area contributed by atoms with E-state index in [4.69, 9.17) is 9.47 Å². The highest BCUT2D eigenvalue weighted by atomic mass is 32.2. The molecule has 0 unspecified atom stereocenters. The maximum Gasteiger partial charge on any atom is 0.261 e. The number of carbonyl (C=O) groups is 1. The molecule has 1 aromatic heterocycles. The van der Waals surface area contributed by atoms with E-state index in [1.54, 1.807) is 54.6 Å². The monoisotopic (exact) mass is 481 g/mol. The number of hydrogen-bond acceptors (Lipinski definition) is 7. The number of sulfonamides is 1. The van der Waals surface area contributed by atoms with Crippen LogP contribution < -0.4 is 19.5 Å². The summed E-state index contributed by atoms with van der Waals surface area (Å²) in [6.45, 7) is 2.87. The summed E-state index contributed by atoms with van der Waals surface area (Å²) in [6, 6.07) is 16.4. The number of thiazole rings is 1. The van der Waals surface area contributed by atoms with E-state index in [1.165, 1.54) is 11.3 Å². The van der Waals surface area contributed by atoms with Crippen LogP contribution in [-0.4, -0.2) is 32.5 Å². The summed E-state index contributed by atoms with van der Waals surface area (Å²) < 4.78 is 39.6. The minimum Gasteiger partial charge on any atom is -0.486 e. The molecule has 0 aliphatic carbocycles. The van der Waals surface area contributed by atoms with Crippen molar-refractivity contribution < 1.29 is 22.7 Å². The quantitative estimate of drug-likeness (QED) is 0.437. The minimum absolute atomic E-state index is 0.170. The van der Waals surface area contributed by atoms with Crippen molar-refractivity contribution in [2.24, 2.45) is 0 Å². The van der Waals surface area contributed by atoms with Crippen molar-refractivity contribution >= 4 is 48.3 Å². The zero-order valence-electron chi connectivity index (χ0n) is 17.5. The molecule has 2 N–H and O–H groups in total. The van der Waals surface area contributed by atoms with Crippen molar-refractivity contribution in [3.05, 3.63) is 71.8 Å². The van der Waals surface area contributed by atoms with E-state index in [0.29, 0.717) is 46.6 Å². The van der Waals surface area contributed by atoms with Gasteiger partial charge in [0.25, 0.3) is 15.9 Å². The number of fused-ring (bicyclic) bond motifs is 2. The molecule has 0 saturated carbocycles. The van der Waals surface area contributed by atoms with Gasteiger partial charge in [-0.2, -0.15) is 0 Å². The Morgan fingerprint density at radius 2 is 1.64 bits per heavy atom. The maximum absolute atomic E-state index is 12.7. The van der Waals surface area contributed by atoms with Gasteiger partial charge in [-0.05, 0) is 43.3 Å². The number of nitrogens with zero attached hydrogens (tertiary/aromatic N) is 1. The smallest absolute Gasteiger partial charge is 0.261 e. The van der Waals surface area contributed by atoms with Gasteiger partial charge in [0.1, 0.15) is 13.2 Å². The molecule has 168 valence electrons. The number of benzene rings is 3. The van der Waals surface area contributed by atoms with Crippen molar-refractivity contribution in [3.8, 4) is 11.5 Å². The number of ether oxygens (including phenoxy) is 2. The fraction of sp³-hybridized carbons (Fsp3) is 0.130. The SMILES string of the molecule is Cc1ccc(S(=O)(=O)Nc2ccc(C(=O)Nc3nc4cc5c(cc4s3)OCCO5)cc2)cc1. The fourth-order valence-corrected chi connectivity index (χ4v) is 5.24. The van der Waals surface area contributed by atoms with E-state index in [-0.39, 0.29) is 10.8 Å². The Balaban J connectivity index is 1.29. The van der Waals surface area contributed by atoms with Crippen LogP contribution >= 0.6 is 11.3 Å². The van der Waals surface area contributed by atoms with Crippen molar-refractivity contribution in [2.45, 2.75) is 11.8 Å². The van der Waals surface area contributed by atoms with Gasteiger partial charge in [0.2, 0.25) is 0 Å². The zero-order chi connectivity index (χ0) is 23.0. The lowest BCUT2D eigenvalue weighted by molar-refractivity contribution is 0.102. The maximum atomic E-state index is 12.7. The Morgan fingerprint density at radius 1 is 0.970 bits per heavy atom. The van der Waals surface area contributed by atoms with Crippen LogP contribution in [0.25, 0.3) is 10.2 Å². The molecule has 4 aromatic rings. The molecular formula is C23H19N3O5S2. The predicted octanol–water partition coefficient (Wildman–Crippen LogP) is 4.43. The first-order chi connectivity index (χ1) is 15.9. The molecule has 3 aromatic carbocycles. The Morgan fingerprint density at radius 3 is 2.33 bits per heavy atom. The molecule has 0 fully saturated rings. The number of amides is 1. The lowest BCUT2D eigenvalue weighted by Gasteiger charge is -2.17. The molecular weight excluding hydrogens is 462 g/mol. The summed E-state index contributed by atoms with van der Waals surface area (Å²) in [5.74, 6) is 0.957. The van der Waals surface area contributed by atoms with Crippen molar-refractivity contribution in [1.82, 2.24) is 4.98 Å². The summed E-state index contributed by atoms with van der Waals surface area (Å²) in [6.07, 6.45) is 0. The average molecular weight is 482 g/mol. The number of aryl methyl sites for hydroxylation is 1. The van der Waals surface area contributed by atoms with E-state index in [2.05, 4.69) is 15.0 Å². The van der Waals surface area contributed by atoms with Crippen molar-refractivity contribution in [1.29, 1.82) is 0 Å². The van der Waals surface area contributed by atoms with Gasteiger partial charge < -0.3 is 9.47 Å². The van der Waals surface area contributed by atoms with Crippen LogP contribution in [0.15, 0.2) is 65.6 Å². The first kappa shape index (κ1) is 21.2. The van der Waals surface area contributed by atoms with Gasteiger partial charge in [0.05, 0.1) is 15.1 Å². The molecule has 1 amide bonds. The Hall–Kier alpha value is -3.63. The summed E-state index contributed by atoms with van der Waals surface area (Å²) in [5, 5.41) is 3.23. The standard InChI is InChI=1S/C23H19N3O5S2/c1-14-2-8-17(9-3-14)33(28,29)26-16-6-4-15(5-7-16)22(27)25-23-24-18-12-19-20(13-21(18)32-23)31-11-10-30-19/h2-9,12-13,26H,10-11H2,1H3,(H,24,25,27). The lowest BCUT2D eigenvalue weighted by atomic mass is 10.2. The molecule has 5 rings (SSSR count). The van der Waals surface area contributed by atoms with Crippen molar-refractivity contribution in [3.63, 3.8) is 0 Å². The summed E-state index contributed by atoms with van der Waals surface area (Å²) in [5.41, 5.74) is 2.41. The minimum atomic E-state index is -3.71. The highest BCUT2D eigenvalue weighted by Gasteiger charge is 2.17. The molecule has 0 radical (unpaired) electrons. The Kier molecular flexibility index (Phi) is 5.39. The Bertz CT molecular complexity index is 1400. The van der Waals surface area contributed by atoms with Crippen LogP contribution in [0.2, 0.25) is 0 Å². The van der Waals surface area contributed by atoms with Crippen LogP contribution in [-0.2, 0) is 10.0 Å². The molecule has 2 heterocycles. The van der Waals surface area contributed by atoms with Gasteiger partial charge >= 0.3 is 0 Å². The number of anilines is 2. The average Bonchev–Trinajstić information content (AvgIpc) is 3.18. The second-order valence-corrected chi connectivity index (χ2v) is 10.1. The second-order valence-electron chi connectivity index (χ2n) is 7.43. The first-order valence-electron chi connectivity index (χ1n) is 10.1.